The van der Waals surface area contributed by atoms with E-state index in [1.54, 1.807) is 6.20 Å². The topological polar surface area (TPSA) is 77.8 Å². The lowest BCUT2D eigenvalue weighted by Gasteiger charge is -2.34. The second-order valence-electron chi connectivity index (χ2n) is 7.57. The predicted octanol–water partition coefficient (Wildman–Crippen LogP) is 3.49. The summed E-state index contributed by atoms with van der Waals surface area (Å²) in [6.07, 6.45) is 1.68. The van der Waals surface area contributed by atoms with Crippen LogP contribution >= 0.6 is 22.6 Å². The molecule has 0 aromatic heterocycles. The molecule has 0 aliphatic carbocycles. The van der Waals surface area contributed by atoms with Crippen LogP contribution in [0.15, 0.2) is 48.2 Å². The molecule has 8 heteroatoms. The van der Waals surface area contributed by atoms with Crippen LogP contribution in [0, 0.1) is 21.8 Å². The van der Waals surface area contributed by atoms with Crippen molar-refractivity contribution in [1.29, 1.82) is 5.26 Å². The van der Waals surface area contributed by atoms with Gasteiger partial charge >= 0.3 is 0 Å². The molecule has 31 heavy (non-hydrogen) atoms. The third-order valence-electron chi connectivity index (χ3n) is 5.36. The maximum absolute atomic E-state index is 12.6. The maximum atomic E-state index is 12.6. The zero-order chi connectivity index (χ0) is 21.8. The van der Waals surface area contributed by atoms with Gasteiger partial charge in [0.2, 0.25) is 6.79 Å². The van der Waals surface area contributed by atoms with Crippen LogP contribution in [0.2, 0.25) is 0 Å². The molecule has 2 aliphatic rings. The normalized spacial score (nSPS) is 16.2. The molecule has 160 valence electrons. The van der Waals surface area contributed by atoms with E-state index >= 15 is 0 Å². The van der Waals surface area contributed by atoms with Gasteiger partial charge in [0, 0.05) is 48.2 Å². The Labute approximate surface area is 195 Å². The van der Waals surface area contributed by atoms with Gasteiger partial charge in [0.05, 0.1) is 0 Å². The van der Waals surface area contributed by atoms with E-state index in [4.69, 9.17) is 9.47 Å². The number of carbonyl (C=O) groups is 1. The number of halogens is 1. The number of nitriles is 1. The molecule has 2 aromatic carbocycles. The average Bonchev–Trinajstić information content (AvgIpc) is 3.23. The van der Waals surface area contributed by atoms with Crippen molar-refractivity contribution in [2.24, 2.45) is 0 Å². The number of nitrogens with zero attached hydrogens (tertiary/aromatic N) is 3. The van der Waals surface area contributed by atoms with E-state index in [1.807, 2.05) is 48.2 Å². The van der Waals surface area contributed by atoms with Crippen molar-refractivity contribution >= 4 is 34.2 Å². The van der Waals surface area contributed by atoms with Crippen LogP contribution in [-0.2, 0) is 11.3 Å². The molecule has 1 N–H and O–H groups in total. The second-order valence-corrected chi connectivity index (χ2v) is 8.81. The molecule has 2 aliphatic heterocycles. The van der Waals surface area contributed by atoms with Gasteiger partial charge in [0.15, 0.2) is 11.5 Å². The fourth-order valence-corrected chi connectivity index (χ4v) is 4.27. The number of fused-ring (bicyclic) bond motifs is 1. The molecule has 1 fully saturated rings. The summed E-state index contributed by atoms with van der Waals surface area (Å²) in [5.41, 5.74) is 2.98. The number of hydrogen-bond donors (Lipinski definition) is 1. The summed E-state index contributed by atoms with van der Waals surface area (Å²) in [5, 5.41) is 12.4. The molecule has 0 spiro atoms. The number of carbonyl (C=O) groups excluding carboxylic acids is 1. The van der Waals surface area contributed by atoms with E-state index < -0.39 is 0 Å². The molecule has 1 amide bonds. The summed E-state index contributed by atoms with van der Waals surface area (Å²) in [6.45, 7) is 6.25. The fraction of sp³-hybridized carbons (Fsp3) is 0.304. The van der Waals surface area contributed by atoms with Crippen molar-refractivity contribution in [3.63, 3.8) is 0 Å². The molecule has 4 rings (SSSR count). The Morgan fingerprint density at radius 3 is 2.68 bits per heavy atom. The third kappa shape index (κ3) is 5.29. The van der Waals surface area contributed by atoms with Crippen LogP contribution in [0.4, 0.5) is 5.69 Å². The van der Waals surface area contributed by atoms with E-state index in [1.165, 1.54) is 5.56 Å². The van der Waals surface area contributed by atoms with E-state index in [0.29, 0.717) is 0 Å². The SMILES string of the molecule is Cc1cc(I)ccc1NC(=O)/C(C#N)=C\N1CCN(Cc2ccc3c(c2)OCO3)CC1. The van der Waals surface area contributed by atoms with Crippen LogP contribution in [0.1, 0.15) is 11.1 Å². The number of amides is 1. The Bertz CT molecular complexity index is 1060. The number of aryl methyl sites for hydroxylation is 1. The standard InChI is InChI=1S/C23H23IN4O3/c1-16-10-19(24)3-4-20(16)26-23(29)18(12-25)14-28-8-6-27(7-9-28)13-17-2-5-21-22(11-17)31-15-30-21/h2-5,10-11,14H,6-9,13,15H2,1H3,(H,26,29)/b18-14-. The first-order valence-electron chi connectivity index (χ1n) is 10.1. The van der Waals surface area contributed by atoms with Gasteiger partial charge in [-0.2, -0.15) is 5.26 Å². The molecular weight excluding hydrogens is 507 g/mol. The quantitative estimate of drug-likeness (QED) is 0.363. The minimum absolute atomic E-state index is 0.113. The predicted molar refractivity (Wildman–Crippen MR) is 126 cm³/mol. The molecule has 0 radical (unpaired) electrons. The van der Waals surface area contributed by atoms with Gasteiger partial charge in [-0.1, -0.05) is 6.07 Å². The summed E-state index contributed by atoms with van der Waals surface area (Å²) in [4.78, 5) is 17.0. The summed E-state index contributed by atoms with van der Waals surface area (Å²) in [5.74, 6) is 1.21. The number of ether oxygens (including phenoxy) is 2. The summed E-state index contributed by atoms with van der Waals surface area (Å²) >= 11 is 2.23. The Morgan fingerprint density at radius 1 is 1.16 bits per heavy atom. The molecule has 2 heterocycles. The highest BCUT2D eigenvalue weighted by Gasteiger charge is 2.19. The molecule has 0 atom stereocenters. The molecule has 7 nitrogen and oxygen atoms in total. The molecule has 2 aromatic rings. The van der Waals surface area contributed by atoms with E-state index in [9.17, 15) is 10.1 Å². The highest BCUT2D eigenvalue weighted by Crippen LogP contribution is 2.32. The number of hydrogen-bond acceptors (Lipinski definition) is 6. The van der Waals surface area contributed by atoms with Crippen molar-refractivity contribution in [1.82, 2.24) is 9.80 Å². The van der Waals surface area contributed by atoms with Crippen molar-refractivity contribution in [3.05, 3.63) is 62.9 Å². The second kappa shape index (κ2) is 9.58. The fourth-order valence-electron chi connectivity index (χ4n) is 3.63. The Morgan fingerprint density at radius 2 is 1.94 bits per heavy atom. The molecular formula is C23H23IN4O3. The minimum atomic E-state index is -0.380. The van der Waals surface area contributed by atoms with Gasteiger partial charge in [-0.15, -0.1) is 0 Å². The Hall–Kier alpha value is -2.77. The van der Waals surface area contributed by atoms with Gasteiger partial charge in [-0.25, -0.2) is 0 Å². The van der Waals surface area contributed by atoms with E-state index in [2.05, 4.69) is 38.9 Å². The molecule has 0 bridgehead atoms. The summed E-state index contributed by atoms with van der Waals surface area (Å²) < 4.78 is 11.9. The molecule has 1 saturated heterocycles. The first kappa shape index (κ1) is 21.5. The summed E-state index contributed by atoms with van der Waals surface area (Å²) in [6, 6.07) is 13.9. The van der Waals surface area contributed by atoms with Crippen molar-refractivity contribution in [3.8, 4) is 17.6 Å². The Balaban J connectivity index is 1.32. The van der Waals surface area contributed by atoms with E-state index in [0.717, 1.165) is 59.0 Å². The van der Waals surface area contributed by atoms with Crippen LogP contribution in [0.3, 0.4) is 0 Å². The molecule has 0 saturated carbocycles. The average molecular weight is 530 g/mol. The van der Waals surface area contributed by atoms with Crippen molar-refractivity contribution in [2.45, 2.75) is 13.5 Å². The number of piperazine rings is 1. The van der Waals surface area contributed by atoms with Crippen LogP contribution in [0.5, 0.6) is 11.5 Å². The Kier molecular flexibility index (Phi) is 6.63. The van der Waals surface area contributed by atoms with Crippen molar-refractivity contribution < 1.29 is 14.3 Å². The lowest BCUT2D eigenvalue weighted by Crippen LogP contribution is -2.43. The monoisotopic (exact) mass is 530 g/mol. The maximum Gasteiger partial charge on any atom is 0.267 e. The van der Waals surface area contributed by atoms with Gasteiger partial charge in [0.25, 0.3) is 5.91 Å². The van der Waals surface area contributed by atoms with E-state index in [-0.39, 0.29) is 18.3 Å². The number of nitrogens with one attached hydrogen (secondary N) is 1. The lowest BCUT2D eigenvalue weighted by molar-refractivity contribution is -0.112. The smallest absolute Gasteiger partial charge is 0.267 e. The molecule has 0 unspecified atom stereocenters. The van der Waals surface area contributed by atoms with Crippen LogP contribution in [0.25, 0.3) is 0 Å². The highest BCUT2D eigenvalue weighted by molar-refractivity contribution is 14.1. The minimum Gasteiger partial charge on any atom is -0.454 e. The van der Waals surface area contributed by atoms with Gasteiger partial charge in [-0.3, -0.25) is 9.69 Å². The summed E-state index contributed by atoms with van der Waals surface area (Å²) in [7, 11) is 0. The first-order valence-corrected chi connectivity index (χ1v) is 11.1. The van der Waals surface area contributed by atoms with Crippen LogP contribution in [-0.4, -0.2) is 48.7 Å². The highest BCUT2D eigenvalue weighted by atomic mass is 127. The number of anilines is 1. The largest absolute Gasteiger partial charge is 0.454 e. The van der Waals surface area contributed by atoms with Gasteiger partial charge < -0.3 is 19.7 Å². The zero-order valence-electron chi connectivity index (χ0n) is 17.2. The van der Waals surface area contributed by atoms with Crippen LogP contribution < -0.4 is 14.8 Å². The third-order valence-corrected chi connectivity index (χ3v) is 6.03. The van der Waals surface area contributed by atoms with Crippen molar-refractivity contribution in [2.75, 3.05) is 38.3 Å². The number of rotatable bonds is 5. The van der Waals surface area contributed by atoms with Gasteiger partial charge in [-0.05, 0) is 71.0 Å². The zero-order valence-corrected chi connectivity index (χ0v) is 19.4. The number of benzene rings is 2. The van der Waals surface area contributed by atoms with Gasteiger partial charge in [0.1, 0.15) is 11.6 Å². The lowest BCUT2D eigenvalue weighted by atomic mass is 10.1. The first-order chi connectivity index (χ1) is 15.0.